The molecule has 2 atom stereocenters. The van der Waals surface area contributed by atoms with Crippen LogP contribution in [0.1, 0.15) is 50.2 Å². The summed E-state index contributed by atoms with van der Waals surface area (Å²) in [6.45, 7) is 7.33. The summed E-state index contributed by atoms with van der Waals surface area (Å²) in [5, 5.41) is 7.45. The van der Waals surface area contributed by atoms with E-state index in [0.717, 1.165) is 38.0 Å². The third kappa shape index (κ3) is 3.81. The van der Waals surface area contributed by atoms with Gasteiger partial charge in [-0.3, -0.25) is 14.9 Å². The summed E-state index contributed by atoms with van der Waals surface area (Å²) >= 11 is 9.77. The van der Waals surface area contributed by atoms with Crippen molar-refractivity contribution >= 4 is 73.5 Å². The quantitative estimate of drug-likeness (QED) is 0.393. The molecule has 3 aromatic heterocycles. The van der Waals surface area contributed by atoms with Crippen molar-refractivity contribution in [2.75, 3.05) is 18.0 Å². The van der Waals surface area contributed by atoms with E-state index in [-0.39, 0.29) is 21.8 Å². The van der Waals surface area contributed by atoms with Gasteiger partial charge >= 0.3 is 0 Å². The smallest absolute Gasteiger partial charge is 0.264 e. The Morgan fingerprint density at radius 2 is 2.03 bits per heavy atom. The van der Waals surface area contributed by atoms with Crippen molar-refractivity contribution in [1.29, 1.82) is 0 Å². The second-order valence-corrected chi connectivity index (χ2v) is 14.1. The van der Waals surface area contributed by atoms with Gasteiger partial charge in [-0.1, -0.05) is 11.6 Å². The number of anilines is 1. The molecular weight excluding hydrogens is 585 g/mol. The number of nitrogens with zero attached hydrogens (tertiary/aromatic N) is 4. The number of hydrogen-bond acceptors (Lipinski definition) is 7. The van der Waals surface area contributed by atoms with Gasteiger partial charge in [-0.05, 0) is 62.6 Å². The van der Waals surface area contributed by atoms with E-state index in [9.17, 15) is 9.00 Å². The number of nitrogens with one attached hydrogen (secondary N) is 3. The first-order valence-corrected chi connectivity index (χ1v) is 13.7. The Kier molecular flexibility index (Phi) is 5.67. The van der Waals surface area contributed by atoms with Crippen LogP contribution in [0.2, 0.25) is 4.47 Å². The van der Waals surface area contributed by atoms with E-state index in [0.29, 0.717) is 25.1 Å². The van der Waals surface area contributed by atoms with Gasteiger partial charge in [0, 0.05) is 23.4 Å². The van der Waals surface area contributed by atoms with Crippen LogP contribution in [0.5, 0.6) is 0 Å². The SMILES string of the molecule is CC(C)(C)[S@@](=O)N[C@@H]1c2nc(Cl)sc2CC12CCN(c1nc3n[nH]c(I)c3c(=O)[nH]1)CC2. The highest BCUT2D eigenvalue weighted by Crippen LogP contribution is 2.54. The van der Waals surface area contributed by atoms with Crippen LogP contribution in [0.3, 0.4) is 0 Å². The van der Waals surface area contributed by atoms with E-state index in [1.807, 2.05) is 43.4 Å². The number of hydrogen-bond donors (Lipinski definition) is 3. The molecule has 0 saturated carbocycles. The Bertz CT molecular complexity index is 1270. The minimum atomic E-state index is -1.23. The Balaban J connectivity index is 1.41. The lowest BCUT2D eigenvalue weighted by atomic mass is 9.73. The van der Waals surface area contributed by atoms with Gasteiger partial charge in [0.15, 0.2) is 10.1 Å². The molecule has 172 valence electrons. The molecule has 0 unspecified atom stereocenters. The van der Waals surface area contributed by atoms with Gasteiger partial charge in [-0.25, -0.2) is 13.9 Å². The summed E-state index contributed by atoms with van der Waals surface area (Å²) in [4.78, 5) is 27.9. The highest BCUT2D eigenvalue weighted by molar-refractivity contribution is 14.1. The van der Waals surface area contributed by atoms with Gasteiger partial charge in [-0.15, -0.1) is 11.3 Å². The summed E-state index contributed by atoms with van der Waals surface area (Å²) in [5.74, 6) is 0.539. The zero-order chi connectivity index (χ0) is 22.8. The topological polar surface area (TPSA) is 120 Å². The largest absolute Gasteiger partial charge is 0.342 e. The molecule has 3 aromatic rings. The fourth-order valence-corrected chi connectivity index (χ4v) is 7.41. The number of aromatic amines is 2. The van der Waals surface area contributed by atoms with Gasteiger partial charge < -0.3 is 4.90 Å². The Morgan fingerprint density at radius 3 is 2.72 bits per heavy atom. The zero-order valence-corrected chi connectivity index (χ0v) is 22.3. The summed E-state index contributed by atoms with van der Waals surface area (Å²) in [5.41, 5.74) is 1.08. The molecular formula is C19H23ClIN7O2S2. The third-order valence-electron chi connectivity index (χ3n) is 6.31. The van der Waals surface area contributed by atoms with Crippen LogP contribution in [0.15, 0.2) is 4.79 Å². The number of thiazole rings is 1. The van der Waals surface area contributed by atoms with E-state index in [2.05, 4.69) is 34.8 Å². The number of piperidine rings is 1. The van der Waals surface area contributed by atoms with Crippen LogP contribution in [0, 0.1) is 9.12 Å². The van der Waals surface area contributed by atoms with E-state index in [4.69, 9.17) is 11.6 Å². The van der Waals surface area contributed by atoms with Gasteiger partial charge in [-0.2, -0.15) is 10.1 Å². The normalized spacial score (nSPS) is 21.4. The molecule has 1 saturated heterocycles. The van der Waals surface area contributed by atoms with Crippen molar-refractivity contribution in [3.8, 4) is 0 Å². The first-order chi connectivity index (χ1) is 15.1. The molecule has 0 bridgehead atoms. The summed E-state index contributed by atoms with van der Waals surface area (Å²) in [6, 6.07) is -0.120. The van der Waals surface area contributed by atoms with Crippen molar-refractivity contribution in [2.24, 2.45) is 5.41 Å². The lowest BCUT2D eigenvalue weighted by Crippen LogP contribution is -2.48. The maximum Gasteiger partial charge on any atom is 0.264 e. The molecule has 0 amide bonds. The van der Waals surface area contributed by atoms with Crippen LogP contribution < -0.4 is 15.2 Å². The summed E-state index contributed by atoms with van der Waals surface area (Å²) in [6.07, 6.45) is 2.57. The summed E-state index contributed by atoms with van der Waals surface area (Å²) < 4.78 is 17.2. The van der Waals surface area contributed by atoms with Gasteiger partial charge in [0.25, 0.3) is 5.56 Å². The molecule has 32 heavy (non-hydrogen) atoms. The summed E-state index contributed by atoms with van der Waals surface area (Å²) in [7, 11) is -1.23. The van der Waals surface area contributed by atoms with E-state index >= 15 is 0 Å². The van der Waals surface area contributed by atoms with Crippen LogP contribution in [0.4, 0.5) is 5.95 Å². The molecule has 3 N–H and O–H groups in total. The standard InChI is InChI=1S/C19H23ClIN7O2S2/c1-18(2,3)32(30)27-12-11-9(31-16(20)22-11)8-19(12)4-6-28(7-5-19)17-23-14-10(15(29)24-17)13(21)25-26-14/h12,27H,4-8H2,1-3H3,(H2,23,24,25,26,29)/t12-,32-/m1/s1. The van der Waals surface area contributed by atoms with Gasteiger partial charge in [0.05, 0.1) is 27.5 Å². The minimum absolute atomic E-state index is 0.0950. The van der Waals surface area contributed by atoms with Crippen molar-refractivity contribution < 1.29 is 4.21 Å². The molecule has 0 radical (unpaired) electrons. The molecule has 5 rings (SSSR count). The molecule has 1 aliphatic carbocycles. The predicted octanol–water partition coefficient (Wildman–Crippen LogP) is 3.30. The highest BCUT2D eigenvalue weighted by atomic mass is 127. The fraction of sp³-hybridized carbons (Fsp3) is 0.579. The Morgan fingerprint density at radius 1 is 1.31 bits per heavy atom. The predicted molar refractivity (Wildman–Crippen MR) is 136 cm³/mol. The second-order valence-electron chi connectivity index (χ2n) is 9.36. The third-order valence-corrected chi connectivity index (χ3v) is 9.83. The van der Waals surface area contributed by atoms with Crippen molar-refractivity contribution in [2.45, 2.75) is 50.8 Å². The molecule has 2 aliphatic rings. The zero-order valence-electron chi connectivity index (χ0n) is 17.8. The van der Waals surface area contributed by atoms with E-state index in [1.165, 1.54) is 16.2 Å². The van der Waals surface area contributed by atoms with Crippen LogP contribution in [-0.4, -0.2) is 47.2 Å². The van der Waals surface area contributed by atoms with Crippen molar-refractivity contribution in [3.05, 3.63) is 29.1 Å². The van der Waals surface area contributed by atoms with Crippen LogP contribution in [0.25, 0.3) is 11.0 Å². The molecule has 0 aromatic carbocycles. The molecule has 1 spiro atoms. The molecule has 13 heteroatoms. The Hall–Kier alpha value is -1.09. The first-order valence-electron chi connectivity index (χ1n) is 10.3. The fourth-order valence-electron chi connectivity index (χ4n) is 4.53. The Labute approximate surface area is 209 Å². The lowest BCUT2D eigenvalue weighted by molar-refractivity contribution is 0.175. The van der Waals surface area contributed by atoms with Crippen molar-refractivity contribution in [3.63, 3.8) is 0 Å². The molecule has 9 nitrogen and oxygen atoms in total. The number of H-pyrrole nitrogens is 2. The number of rotatable bonds is 3. The second kappa shape index (κ2) is 8.00. The molecule has 4 heterocycles. The average Bonchev–Trinajstić information content (AvgIpc) is 3.34. The number of halogens is 2. The van der Waals surface area contributed by atoms with Crippen molar-refractivity contribution in [1.82, 2.24) is 29.9 Å². The number of fused-ring (bicyclic) bond motifs is 2. The maximum atomic E-state index is 13.0. The highest BCUT2D eigenvalue weighted by Gasteiger charge is 2.51. The van der Waals surface area contributed by atoms with Gasteiger partial charge in [0.1, 0.15) is 9.09 Å². The first kappa shape index (κ1) is 22.7. The maximum absolute atomic E-state index is 13.0. The van der Waals surface area contributed by atoms with E-state index in [1.54, 1.807) is 0 Å². The molecule has 1 aliphatic heterocycles. The van der Waals surface area contributed by atoms with Gasteiger partial charge in [0.2, 0.25) is 5.95 Å². The van der Waals surface area contributed by atoms with Crippen LogP contribution >= 0.6 is 45.5 Å². The molecule has 1 fully saturated rings. The lowest BCUT2D eigenvalue weighted by Gasteiger charge is -2.43. The van der Waals surface area contributed by atoms with Crippen LogP contribution in [-0.2, 0) is 17.4 Å². The van der Waals surface area contributed by atoms with E-state index < -0.39 is 11.0 Å². The number of aromatic nitrogens is 5. The minimum Gasteiger partial charge on any atom is -0.342 e. The monoisotopic (exact) mass is 607 g/mol. The average molecular weight is 608 g/mol.